The van der Waals surface area contributed by atoms with E-state index in [1.54, 1.807) is 32.7 Å². The molecule has 24 heavy (non-hydrogen) atoms. The van der Waals surface area contributed by atoms with Crippen LogP contribution in [0.4, 0.5) is 5.69 Å². The van der Waals surface area contributed by atoms with E-state index in [0.29, 0.717) is 30.2 Å². The fraction of sp³-hybridized carbons (Fsp3) is 0.333. The molecule has 1 amide bonds. The van der Waals surface area contributed by atoms with Gasteiger partial charge in [0.05, 0.1) is 25.5 Å². The van der Waals surface area contributed by atoms with Gasteiger partial charge in [-0.3, -0.25) is 9.78 Å². The number of pyridine rings is 1. The molecular formula is C18H23N3O3. The number of methoxy groups -OCH3 is 2. The monoisotopic (exact) mass is 329 g/mol. The number of nitrogens with one attached hydrogen (secondary N) is 2. The van der Waals surface area contributed by atoms with Crippen molar-refractivity contribution in [1.82, 2.24) is 10.3 Å². The molecule has 0 radical (unpaired) electrons. The van der Waals surface area contributed by atoms with Crippen LogP contribution in [0.25, 0.3) is 0 Å². The van der Waals surface area contributed by atoms with Crippen LogP contribution < -0.4 is 20.1 Å². The zero-order chi connectivity index (χ0) is 17.4. The Kier molecular flexibility index (Phi) is 6.42. The predicted molar refractivity (Wildman–Crippen MR) is 93.7 cm³/mol. The van der Waals surface area contributed by atoms with Crippen molar-refractivity contribution in [2.24, 2.45) is 0 Å². The van der Waals surface area contributed by atoms with Crippen molar-refractivity contribution in [3.05, 3.63) is 47.8 Å². The molecule has 0 atom stereocenters. The van der Waals surface area contributed by atoms with E-state index in [0.717, 1.165) is 17.7 Å². The Hall–Kier alpha value is -2.76. The highest BCUT2D eigenvalue weighted by atomic mass is 16.5. The number of hydrogen-bond acceptors (Lipinski definition) is 5. The van der Waals surface area contributed by atoms with Crippen molar-refractivity contribution < 1.29 is 14.3 Å². The molecule has 2 aromatic rings. The van der Waals surface area contributed by atoms with Crippen LogP contribution in [0.2, 0.25) is 0 Å². The minimum atomic E-state index is -0.112. The quantitative estimate of drug-likeness (QED) is 0.779. The second kappa shape index (κ2) is 8.76. The van der Waals surface area contributed by atoms with E-state index < -0.39 is 0 Å². The van der Waals surface area contributed by atoms with Crippen molar-refractivity contribution >= 4 is 11.6 Å². The number of benzene rings is 1. The van der Waals surface area contributed by atoms with Gasteiger partial charge >= 0.3 is 0 Å². The summed E-state index contributed by atoms with van der Waals surface area (Å²) in [4.78, 5) is 16.1. The van der Waals surface area contributed by atoms with E-state index in [1.807, 2.05) is 25.1 Å². The molecule has 1 aromatic heterocycles. The number of rotatable bonds is 8. The molecule has 0 unspecified atom stereocenters. The van der Waals surface area contributed by atoms with Gasteiger partial charge in [-0.25, -0.2) is 0 Å². The van der Waals surface area contributed by atoms with Gasteiger partial charge in [-0.1, -0.05) is 13.0 Å². The van der Waals surface area contributed by atoms with Crippen LogP contribution in [0.3, 0.4) is 0 Å². The van der Waals surface area contributed by atoms with E-state index in [9.17, 15) is 4.79 Å². The molecule has 2 rings (SSSR count). The van der Waals surface area contributed by atoms with Gasteiger partial charge in [0.1, 0.15) is 0 Å². The molecular weight excluding hydrogens is 306 g/mol. The molecule has 1 heterocycles. The second-order valence-corrected chi connectivity index (χ2v) is 5.26. The van der Waals surface area contributed by atoms with Gasteiger partial charge in [0.15, 0.2) is 11.5 Å². The van der Waals surface area contributed by atoms with Crippen molar-refractivity contribution in [3.8, 4) is 11.5 Å². The molecule has 0 aliphatic rings. The predicted octanol–water partition coefficient (Wildman–Crippen LogP) is 2.85. The lowest BCUT2D eigenvalue weighted by Crippen LogP contribution is -2.24. The normalized spacial score (nSPS) is 10.1. The van der Waals surface area contributed by atoms with Crippen LogP contribution in [0, 0.1) is 0 Å². The fourth-order valence-corrected chi connectivity index (χ4v) is 2.20. The standard InChI is InChI=1S/C18H23N3O3/c1-4-7-20-18(22)14-9-15(12-19-11-14)21-10-13-5-6-16(23-2)17(8-13)24-3/h5-6,8-9,11-12,21H,4,7,10H2,1-3H3,(H,20,22). The van der Waals surface area contributed by atoms with E-state index in [4.69, 9.17) is 9.47 Å². The van der Waals surface area contributed by atoms with Gasteiger partial charge in [-0.2, -0.15) is 0 Å². The molecule has 6 nitrogen and oxygen atoms in total. The highest BCUT2D eigenvalue weighted by Crippen LogP contribution is 2.27. The SMILES string of the molecule is CCCNC(=O)c1cncc(NCc2ccc(OC)c(OC)c2)c1. The fourth-order valence-electron chi connectivity index (χ4n) is 2.20. The molecule has 0 aliphatic heterocycles. The molecule has 0 aliphatic carbocycles. The van der Waals surface area contributed by atoms with Gasteiger partial charge in [0, 0.05) is 25.5 Å². The smallest absolute Gasteiger partial charge is 0.252 e. The number of carbonyl (C=O) groups excluding carboxylic acids is 1. The van der Waals surface area contributed by atoms with Gasteiger partial charge in [-0.15, -0.1) is 0 Å². The number of ether oxygens (including phenoxy) is 2. The minimum Gasteiger partial charge on any atom is -0.493 e. The lowest BCUT2D eigenvalue weighted by molar-refractivity contribution is 0.0953. The third-order valence-corrected chi connectivity index (χ3v) is 3.48. The maximum atomic E-state index is 12.0. The zero-order valence-corrected chi connectivity index (χ0v) is 14.3. The number of nitrogens with zero attached hydrogens (tertiary/aromatic N) is 1. The highest BCUT2D eigenvalue weighted by Gasteiger charge is 2.07. The van der Waals surface area contributed by atoms with Gasteiger partial charge in [0.2, 0.25) is 0 Å². The first kappa shape index (κ1) is 17.6. The Morgan fingerprint density at radius 3 is 2.62 bits per heavy atom. The van der Waals surface area contributed by atoms with Crippen molar-refractivity contribution in [2.75, 3.05) is 26.1 Å². The topological polar surface area (TPSA) is 72.5 Å². The Morgan fingerprint density at radius 1 is 1.12 bits per heavy atom. The molecule has 2 N–H and O–H groups in total. The molecule has 0 saturated carbocycles. The summed E-state index contributed by atoms with van der Waals surface area (Å²) in [6.45, 7) is 3.25. The van der Waals surface area contributed by atoms with Crippen LogP contribution in [0.1, 0.15) is 29.3 Å². The minimum absolute atomic E-state index is 0.112. The third-order valence-electron chi connectivity index (χ3n) is 3.48. The van der Waals surface area contributed by atoms with Crippen LogP contribution in [0.5, 0.6) is 11.5 Å². The van der Waals surface area contributed by atoms with E-state index in [1.165, 1.54) is 0 Å². The molecule has 128 valence electrons. The van der Waals surface area contributed by atoms with Crippen molar-refractivity contribution in [3.63, 3.8) is 0 Å². The molecule has 1 aromatic carbocycles. The summed E-state index contributed by atoms with van der Waals surface area (Å²) in [6.07, 6.45) is 4.15. The summed E-state index contributed by atoms with van der Waals surface area (Å²) in [5.74, 6) is 1.26. The lowest BCUT2D eigenvalue weighted by Gasteiger charge is -2.11. The number of hydrogen-bond donors (Lipinski definition) is 2. The molecule has 0 spiro atoms. The zero-order valence-electron chi connectivity index (χ0n) is 14.3. The number of anilines is 1. The summed E-state index contributed by atoms with van der Waals surface area (Å²) >= 11 is 0. The van der Waals surface area contributed by atoms with Gasteiger partial charge < -0.3 is 20.1 Å². The maximum Gasteiger partial charge on any atom is 0.252 e. The third kappa shape index (κ3) is 4.62. The highest BCUT2D eigenvalue weighted by molar-refractivity contribution is 5.94. The van der Waals surface area contributed by atoms with Gasteiger partial charge in [0.25, 0.3) is 5.91 Å². The van der Waals surface area contributed by atoms with E-state index in [-0.39, 0.29) is 5.91 Å². The van der Waals surface area contributed by atoms with Crippen molar-refractivity contribution in [2.45, 2.75) is 19.9 Å². The number of carbonyl (C=O) groups is 1. The van der Waals surface area contributed by atoms with E-state index in [2.05, 4.69) is 15.6 Å². The molecule has 0 saturated heterocycles. The summed E-state index contributed by atoms with van der Waals surface area (Å²) in [6, 6.07) is 7.53. The maximum absolute atomic E-state index is 12.0. The summed E-state index contributed by atoms with van der Waals surface area (Å²) < 4.78 is 10.5. The largest absolute Gasteiger partial charge is 0.493 e. The van der Waals surface area contributed by atoms with Crippen LogP contribution >= 0.6 is 0 Å². The lowest BCUT2D eigenvalue weighted by atomic mass is 10.2. The van der Waals surface area contributed by atoms with Crippen LogP contribution in [0.15, 0.2) is 36.7 Å². The number of aromatic nitrogens is 1. The van der Waals surface area contributed by atoms with Crippen LogP contribution in [-0.2, 0) is 6.54 Å². The average molecular weight is 329 g/mol. The average Bonchev–Trinajstić information content (AvgIpc) is 2.64. The Labute approximate surface area is 142 Å². The second-order valence-electron chi connectivity index (χ2n) is 5.26. The molecule has 6 heteroatoms. The van der Waals surface area contributed by atoms with Crippen LogP contribution in [-0.4, -0.2) is 31.7 Å². The Bertz CT molecular complexity index is 689. The summed E-state index contributed by atoms with van der Waals surface area (Å²) in [7, 11) is 3.22. The first-order valence-corrected chi connectivity index (χ1v) is 7.86. The number of amides is 1. The van der Waals surface area contributed by atoms with E-state index >= 15 is 0 Å². The summed E-state index contributed by atoms with van der Waals surface area (Å²) in [5, 5.41) is 6.10. The first-order valence-electron chi connectivity index (χ1n) is 7.86. The summed E-state index contributed by atoms with van der Waals surface area (Å²) in [5.41, 5.74) is 2.36. The molecule has 0 bridgehead atoms. The Morgan fingerprint density at radius 2 is 1.92 bits per heavy atom. The molecule has 0 fully saturated rings. The first-order chi connectivity index (χ1) is 11.7. The van der Waals surface area contributed by atoms with Gasteiger partial charge in [-0.05, 0) is 30.2 Å². The van der Waals surface area contributed by atoms with Crippen molar-refractivity contribution in [1.29, 1.82) is 0 Å². The Balaban J connectivity index is 2.03.